The molecule has 0 unspecified atom stereocenters. The molecule has 3 N–H and O–H groups in total. The summed E-state index contributed by atoms with van der Waals surface area (Å²) in [7, 11) is 0. The van der Waals surface area contributed by atoms with E-state index in [2.05, 4.69) is 12.2 Å². The van der Waals surface area contributed by atoms with E-state index in [0.29, 0.717) is 12.3 Å². The molecule has 1 aromatic rings. The number of amides is 1. The van der Waals surface area contributed by atoms with E-state index >= 15 is 0 Å². The third kappa shape index (κ3) is 5.19. The molecular formula is C14H22N2O2. The van der Waals surface area contributed by atoms with E-state index in [1.54, 1.807) is 0 Å². The van der Waals surface area contributed by atoms with E-state index in [1.807, 2.05) is 31.2 Å². The highest BCUT2D eigenvalue weighted by atomic mass is 16.5. The summed E-state index contributed by atoms with van der Waals surface area (Å²) < 4.78 is 5.42. The van der Waals surface area contributed by atoms with Gasteiger partial charge in [-0.05, 0) is 31.0 Å². The molecule has 0 radical (unpaired) electrons. The monoisotopic (exact) mass is 250 g/mol. The number of carbonyl (C=O) groups excluding carboxylic acids is 1. The van der Waals surface area contributed by atoms with Gasteiger partial charge >= 0.3 is 0 Å². The molecule has 0 saturated carbocycles. The Morgan fingerprint density at radius 2 is 2.28 bits per heavy atom. The van der Waals surface area contributed by atoms with Crippen LogP contribution in [0.3, 0.4) is 0 Å². The van der Waals surface area contributed by atoms with Gasteiger partial charge in [0.15, 0.2) is 6.61 Å². The fraction of sp³-hybridized carbons (Fsp3) is 0.500. The van der Waals surface area contributed by atoms with Crippen LogP contribution in [0.4, 0.5) is 0 Å². The Morgan fingerprint density at radius 1 is 1.50 bits per heavy atom. The van der Waals surface area contributed by atoms with Crippen LogP contribution in [0.5, 0.6) is 5.75 Å². The van der Waals surface area contributed by atoms with E-state index in [9.17, 15) is 4.79 Å². The third-order valence-electron chi connectivity index (χ3n) is 2.61. The van der Waals surface area contributed by atoms with Crippen LogP contribution >= 0.6 is 0 Å². The van der Waals surface area contributed by atoms with Crippen molar-refractivity contribution >= 4 is 5.91 Å². The highest BCUT2D eigenvalue weighted by Crippen LogP contribution is 2.17. The van der Waals surface area contributed by atoms with Crippen LogP contribution in [0.25, 0.3) is 0 Å². The Bertz CT molecular complexity index is 378. The van der Waals surface area contributed by atoms with Gasteiger partial charge in [0, 0.05) is 12.6 Å². The summed E-state index contributed by atoms with van der Waals surface area (Å²) in [6, 6.07) is 7.48. The van der Waals surface area contributed by atoms with Gasteiger partial charge in [-0.3, -0.25) is 4.79 Å². The molecule has 1 aromatic carbocycles. The Balaban J connectivity index is 2.38. The first-order valence-corrected chi connectivity index (χ1v) is 6.38. The summed E-state index contributed by atoms with van der Waals surface area (Å²) in [5.74, 6) is 0.588. The molecule has 0 spiro atoms. The van der Waals surface area contributed by atoms with Crippen LogP contribution in [0.2, 0.25) is 0 Å². The van der Waals surface area contributed by atoms with Crippen LogP contribution in [0.15, 0.2) is 24.3 Å². The van der Waals surface area contributed by atoms with E-state index < -0.39 is 0 Å². The summed E-state index contributed by atoms with van der Waals surface area (Å²) in [6.07, 6.45) is 2.06. The molecule has 0 bridgehead atoms. The topological polar surface area (TPSA) is 64.3 Å². The fourth-order valence-corrected chi connectivity index (χ4v) is 1.49. The van der Waals surface area contributed by atoms with Crippen LogP contribution in [0.1, 0.15) is 38.3 Å². The molecule has 4 heteroatoms. The van der Waals surface area contributed by atoms with Crippen molar-refractivity contribution in [2.45, 2.75) is 32.7 Å². The molecule has 18 heavy (non-hydrogen) atoms. The molecule has 0 aliphatic rings. The second kappa shape index (κ2) is 7.71. The van der Waals surface area contributed by atoms with Gasteiger partial charge in [-0.25, -0.2) is 0 Å². The number of rotatable bonds is 7. The zero-order valence-corrected chi connectivity index (χ0v) is 11.1. The molecule has 1 rings (SSSR count). The number of hydrogen-bond acceptors (Lipinski definition) is 3. The molecule has 0 saturated heterocycles. The number of nitrogens with one attached hydrogen (secondary N) is 1. The van der Waals surface area contributed by atoms with Crippen LogP contribution < -0.4 is 15.8 Å². The van der Waals surface area contributed by atoms with Gasteiger partial charge in [0.2, 0.25) is 0 Å². The first kappa shape index (κ1) is 14.5. The minimum absolute atomic E-state index is 0.0352. The van der Waals surface area contributed by atoms with E-state index in [0.717, 1.165) is 18.4 Å². The lowest BCUT2D eigenvalue weighted by atomic mass is 10.1. The van der Waals surface area contributed by atoms with Crippen molar-refractivity contribution < 1.29 is 9.53 Å². The highest BCUT2D eigenvalue weighted by Gasteiger charge is 2.04. The molecule has 4 nitrogen and oxygen atoms in total. The van der Waals surface area contributed by atoms with Gasteiger partial charge in [0.05, 0.1) is 0 Å². The zero-order chi connectivity index (χ0) is 13.4. The normalized spacial score (nSPS) is 11.9. The van der Waals surface area contributed by atoms with Gasteiger partial charge in [-0.1, -0.05) is 25.5 Å². The van der Waals surface area contributed by atoms with Crippen molar-refractivity contribution in [3.05, 3.63) is 29.8 Å². The molecule has 0 aliphatic carbocycles. The molecule has 1 atom stereocenters. The Morgan fingerprint density at radius 3 is 2.94 bits per heavy atom. The maximum Gasteiger partial charge on any atom is 0.257 e. The average Bonchev–Trinajstić information content (AvgIpc) is 2.37. The predicted octanol–water partition coefficient (Wildman–Crippen LogP) is 2.00. The Hall–Kier alpha value is -1.55. The Kier molecular flexibility index (Phi) is 6.22. The van der Waals surface area contributed by atoms with E-state index in [4.69, 9.17) is 10.5 Å². The lowest BCUT2D eigenvalue weighted by molar-refractivity contribution is -0.123. The van der Waals surface area contributed by atoms with Gasteiger partial charge < -0.3 is 15.8 Å². The summed E-state index contributed by atoms with van der Waals surface area (Å²) in [4.78, 5) is 11.4. The second-order valence-electron chi connectivity index (χ2n) is 4.35. The highest BCUT2D eigenvalue weighted by molar-refractivity contribution is 5.77. The SMILES string of the molecule is CCCCNC(=O)COc1cccc([C@H](C)N)c1. The lowest BCUT2D eigenvalue weighted by Crippen LogP contribution is -2.29. The summed E-state index contributed by atoms with van der Waals surface area (Å²) in [5, 5.41) is 2.80. The second-order valence-corrected chi connectivity index (χ2v) is 4.35. The largest absolute Gasteiger partial charge is 0.484 e. The van der Waals surface area contributed by atoms with Crippen LogP contribution in [-0.2, 0) is 4.79 Å². The summed E-state index contributed by atoms with van der Waals surface area (Å²) >= 11 is 0. The quantitative estimate of drug-likeness (QED) is 0.727. The van der Waals surface area contributed by atoms with Crippen molar-refractivity contribution in [2.24, 2.45) is 5.73 Å². The number of benzene rings is 1. The summed E-state index contributed by atoms with van der Waals surface area (Å²) in [6.45, 7) is 4.75. The Labute approximate surface area is 109 Å². The minimum atomic E-state index is -0.0883. The van der Waals surface area contributed by atoms with E-state index in [-0.39, 0.29) is 18.6 Å². The van der Waals surface area contributed by atoms with Crippen molar-refractivity contribution in [2.75, 3.05) is 13.2 Å². The van der Waals surface area contributed by atoms with Gasteiger partial charge in [-0.2, -0.15) is 0 Å². The van der Waals surface area contributed by atoms with Crippen molar-refractivity contribution in [1.82, 2.24) is 5.32 Å². The van der Waals surface area contributed by atoms with Crippen LogP contribution in [-0.4, -0.2) is 19.1 Å². The zero-order valence-electron chi connectivity index (χ0n) is 11.1. The molecular weight excluding hydrogens is 228 g/mol. The van der Waals surface area contributed by atoms with Gasteiger partial charge in [-0.15, -0.1) is 0 Å². The van der Waals surface area contributed by atoms with Crippen molar-refractivity contribution in [3.8, 4) is 5.75 Å². The first-order valence-electron chi connectivity index (χ1n) is 6.38. The molecule has 0 aliphatic heterocycles. The fourth-order valence-electron chi connectivity index (χ4n) is 1.49. The molecule has 0 aromatic heterocycles. The van der Waals surface area contributed by atoms with E-state index in [1.165, 1.54) is 0 Å². The van der Waals surface area contributed by atoms with Gasteiger partial charge in [0.25, 0.3) is 5.91 Å². The van der Waals surface area contributed by atoms with Crippen molar-refractivity contribution in [1.29, 1.82) is 0 Å². The number of carbonyl (C=O) groups is 1. The first-order chi connectivity index (χ1) is 8.63. The molecule has 1 amide bonds. The smallest absolute Gasteiger partial charge is 0.257 e. The number of nitrogens with two attached hydrogens (primary N) is 1. The lowest BCUT2D eigenvalue weighted by Gasteiger charge is -2.10. The maximum absolute atomic E-state index is 11.4. The summed E-state index contributed by atoms with van der Waals surface area (Å²) in [5.41, 5.74) is 6.78. The number of unbranched alkanes of at least 4 members (excludes halogenated alkanes) is 1. The maximum atomic E-state index is 11.4. The van der Waals surface area contributed by atoms with Gasteiger partial charge in [0.1, 0.15) is 5.75 Å². The molecule has 0 heterocycles. The number of ether oxygens (including phenoxy) is 1. The minimum Gasteiger partial charge on any atom is -0.484 e. The van der Waals surface area contributed by atoms with Crippen LogP contribution in [0, 0.1) is 0 Å². The van der Waals surface area contributed by atoms with Crippen molar-refractivity contribution in [3.63, 3.8) is 0 Å². The average molecular weight is 250 g/mol. The third-order valence-corrected chi connectivity index (χ3v) is 2.61. The molecule has 100 valence electrons. The predicted molar refractivity (Wildman–Crippen MR) is 72.5 cm³/mol. The number of hydrogen-bond donors (Lipinski definition) is 2. The molecule has 0 fully saturated rings. The standard InChI is InChI=1S/C14H22N2O2/c1-3-4-8-16-14(17)10-18-13-7-5-6-12(9-13)11(2)15/h5-7,9,11H,3-4,8,10,15H2,1-2H3,(H,16,17)/t11-/m0/s1.